The lowest BCUT2D eigenvalue weighted by atomic mass is 10.2. The van der Waals surface area contributed by atoms with E-state index in [1.807, 2.05) is 36.1 Å². The predicted octanol–water partition coefficient (Wildman–Crippen LogP) is 3.58. The lowest BCUT2D eigenvalue weighted by molar-refractivity contribution is -0.130. The summed E-state index contributed by atoms with van der Waals surface area (Å²) in [4.78, 5) is 15.6. The maximum atomic E-state index is 12.5. The number of methoxy groups -OCH3 is 1. The first-order valence-electron chi connectivity index (χ1n) is 7.30. The average Bonchev–Trinajstić information content (AvgIpc) is 2.76. The maximum absolute atomic E-state index is 12.5. The van der Waals surface area contributed by atoms with Crippen LogP contribution in [0.1, 0.15) is 32.6 Å². The van der Waals surface area contributed by atoms with Gasteiger partial charge in [0, 0.05) is 18.0 Å². The predicted molar refractivity (Wildman–Crippen MR) is 83.4 cm³/mol. The molecule has 20 heavy (non-hydrogen) atoms. The van der Waals surface area contributed by atoms with E-state index in [-0.39, 0.29) is 11.2 Å². The Morgan fingerprint density at radius 3 is 2.30 bits per heavy atom. The van der Waals surface area contributed by atoms with Gasteiger partial charge < -0.3 is 9.64 Å². The van der Waals surface area contributed by atoms with Gasteiger partial charge in [-0.25, -0.2) is 0 Å². The van der Waals surface area contributed by atoms with E-state index in [9.17, 15) is 4.79 Å². The van der Waals surface area contributed by atoms with Gasteiger partial charge in [0.2, 0.25) is 5.91 Å². The van der Waals surface area contributed by atoms with E-state index in [1.165, 1.54) is 12.8 Å². The second kappa shape index (κ2) is 7.58. The molecule has 4 heteroatoms. The number of hydrogen-bond donors (Lipinski definition) is 0. The highest BCUT2D eigenvalue weighted by Gasteiger charge is 2.22. The van der Waals surface area contributed by atoms with Gasteiger partial charge in [-0.3, -0.25) is 4.79 Å². The molecule has 1 aromatic rings. The molecule has 1 aliphatic rings. The zero-order chi connectivity index (χ0) is 14.4. The summed E-state index contributed by atoms with van der Waals surface area (Å²) in [6.45, 7) is 3.85. The molecular weight excluding hydrogens is 270 g/mol. The van der Waals surface area contributed by atoms with Crippen molar-refractivity contribution < 1.29 is 9.53 Å². The molecule has 0 N–H and O–H groups in total. The first kappa shape index (κ1) is 15.2. The fourth-order valence-corrected chi connectivity index (χ4v) is 3.41. The molecule has 110 valence electrons. The summed E-state index contributed by atoms with van der Waals surface area (Å²) in [7, 11) is 1.66. The first-order valence-corrected chi connectivity index (χ1v) is 8.18. The lowest BCUT2D eigenvalue weighted by Crippen LogP contribution is -2.37. The van der Waals surface area contributed by atoms with Crippen LogP contribution in [-0.2, 0) is 4.79 Å². The van der Waals surface area contributed by atoms with E-state index < -0.39 is 0 Å². The Morgan fingerprint density at radius 1 is 1.15 bits per heavy atom. The van der Waals surface area contributed by atoms with Crippen LogP contribution in [0.15, 0.2) is 29.2 Å². The molecule has 0 saturated carbocycles. The van der Waals surface area contributed by atoms with E-state index >= 15 is 0 Å². The Kier molecular flexibility index (Phi) is 5.77. The van der Waals surface area contributed by atoms with E-state index in [1.54, 1.807) is 18.9 Å². The van der Waals surface area contributed by atoms with Gasteiger partial charge in [0.25, 0.3) is 0 Å². The van der Waals surface area contributed by atoms with Crippen LogP contribution in [-0.4, -0.2) is 36.3 Å². The quantitative estimate of drug-likeness (QED) is 0.795. The number of benzene rings is 1. The molecule has 1 amide bonds. The summed E-state index contributed by atoms with van der Waals surface area (Å²) in [5.41, 5.74) is 0. The number of carbonyl (C=O) groups is 1. The average molecular weight is 293 g/mol. The van der Waals surface area contributed by atoms with Gasteiger partial charge in [0.05, 0.1) is 12.4 Å². The fraction of sp³-hybridized carbons (Fsp3) is 0.562. The van der Waals surface area contributed by atoms with Crippen molar-refractivity contribution in [2.24, 2.45) is 0 Å². The van der Waals surface area contributed by atoms with Crippen molar-refractivity contribution in [1.82, 2.24) is 4.90 Å². The molecule has 2 rings (SSSR count). The molecule has 1 aromatic carbocycles. The van der Waals surface area contributed by atoms with Crippen molar-refractivity contribution >= 4 is 17.7 Å². The molecule has 0 bridgehead atoms. The zero-order valence-corrected chi connectivity index (χ0v) is 13.1. The molecule has 0 aliphatic carbocycles. The van der Waals surface area contributed by atoms with Gasteiger partial charge in [-0.05, 0) is 44.0 Å². The first-order chi connectivity index (χ1) is 9.70. The van der Waals surface area contributed by atoms with Crippen LogP contribution in [0.2, 0.25) is 0 Å². The van der Waals surface area contributed by atoms with Gasteiger partial charge >= 0.3 is 0 Å². The summed E-state index contributed by atoms with van der Waals surface area (Å²) in [5.74, 6) is 1.12. The van der Waals surface area contributed by atoms with Crippen LogP contribution < -0.4 is 4.74 Å². The standard InChI is InChI=1S/C16H23NO2S/c1-13(16(18)17-11-5-3-4-6-12-17)20-15-9-7-14(19-2)8-10-15/h7-10,13H,3-6,11-12H2,1-2H3/t13-/m1/s1. The van der Waals surface area contributed by atoms with Gasteiger partial charge in [0.15, 0.2) is 0 Å². The Labute approximate surface area is 125 Å². The number of carbonyl (C=O) groups excluding carboxylic acids is 1. The van der Waals surface area contributed by atoms with Crippen LogP contribution in [0, 0.1) is 0 Å². The molecule has 1 heterocycles. The third kappa shape index (κ3) is 4.17. The number of ether oxygens (including phenoxy) is 1. The largest absolute Gasteiger partial charge is 0.497 e. The van der Waals surface area contributed by atoms with Gasteiger partial charge in [-0.15, -0.1) is 11.8 Å². The third-order valence-electron chi connectivity index (χ3n) is 3.64. The Bertz CT molecular complexity index is 425. The van der Waals surface area contributed by atoms with E-state index in [4.69, 9.17) is 4.74 Å². The molecule has 3 nitrogen and oxygen atoms in total. The third-order valence-corrected chi connectivity index (χ3v) is 4.74. The van der Waals surface area contributed by atoms with E-state index in [2.05, 4.69) is 0 Å². The Hall–Kier alpha value is -1.16. The van der Waals surface area contributed by atoms with Gasteiger partial charge in [-0.2, -0.15) is 0 Å². The lowest BCUT2D eigenvalue weighted by Gasteiger charge is -2.23. The Morgan fingerprint density at radius 2 is 1.75 bits per heavy atom. The second-order valence-electron chi connectivity index (χ2n) is 5.18. The summed E-state index contributed by atoms with van der Waals surface area (Å²) >= 11 is 1.62. The highest BCUT2D eigenvalue weighted by Crippen LogP contribution is 2.27. The minimum absolute atomic E-state index is 0.0264. The normalized spacial score (nSPS) is 17.4. The van der Waals surface area contributed by atoms with Crippen LogP contribution >= 0.6 is 11.8 Å². The van der Waals surface area contributed by atoms with E-state index in [0.717, 1.165) is 36.6 Å². The highest BCUT2D eigenvalue weighted by atomic mass is 32.2. The molecule has 0 aromatic heterocycles. The van der Waals surface area contributed by atoms with Crippen molar-refractivity contribution in [3.63, 3.8) is 0 Å². The number of thioether (sulfide) groups is 1. The summed E-state index contributed by atoms with van der Waals surface area (Å²) < 4.78 is 5.15. The number of amides is 1. The minimum atomic E-state index is -0.0264. The van der Waals surface area contributed by atoms with Crippen LogP contribution in [0.4, 0.5) is 0 Å². The molecule has 0 radical (unpaired) electrons. The summed E-state index contributed by atoms with van der Waals surface area (Å²) in [5, 5.41) is -0.0264. The van der Waals surface area contributed by atoms with Gasteiger partial charge in [0.1, 0.15) is 5.75 Å². The molecule has 0 spiro atoms. The molecule has 0 unspecified atom stereocenters. The molecule has 1 atom stereocenters. The van der Waals surface area contributed by atoms with Crippen molar-refractivity contribution in [1.29, 1.82) is 0 Å². The molecule has 1 fully saturated rings. The van der Waals surface area contributed by atoms with Crippen LogP contribution in [0.5, 0.6) is 5.75 Å². The zero-order valence-electron chi connectivity index (χ0n) is 12.3. The SMILES string of the molecule is COc1ccc(S[C@H](C)C(=O)N2CCCCCC2)cc1. The molecule has 1 saturated heterocycles. The highest BCUT2D eigenvalue weighted by molar-refractivity contribution is 8.00. The van der Waals surface area contributed by atoms with Gasteiger partial charge in [-0.1, -0.05) is 12.8 Å². The van der Waals surface area contributed by atoms with E-state index in [0.29, 0.717) is 0 Å². The summed E-state index contributed by atoms with van der Waals surface area (Å²) in [6, 6.07) is 7.89. The molecule has 1 aliphatic heterocycles. The van der Waals surface area contributed by atoms with Crippen LogP contribution in [0.3, 0.4) is 0 Å². The smallest absolute Gasteiger partial charge is 0.235 e. The van der Waals surface area contributed by atoms with Crippen molar-refractivity contribution in [2.75, 3.05) is 20.2 Å². The topological polar surface area (TPSA) is 29.5 Å². The van der Waals surface area contributed by atoms with Crippen molar-refractivity contribution in [3.8, 4) is 5.75 Å². The number of nitrogens with zero attached hydrogens (tertiary/aromatic N) is 1. The molecular formula is C16H23NO2S. The van der Waals surface area contributed by atoms with Crippen molar-refractivity contribution in [2.45, 2.75) is 42.8 Å². The van der Waals surface area contributed by atoms with Crippen molar-refractivity contribution in [3.05, 3.63) is 24.3 Å². The monoisotopic (exact) mass is 293 g/mol. The number of likely N-dealkylation sites (tertiary alicyclic amines) is 1. The Balaban J connectivity index is 1.92. The summed E-state index contributed by atoms with van der Waals surface area (Å²) in [6.07, 6.45) is 4.80. The number of hydrogen-bond acceptors (Lipinski definition) is 3. The second-order valence-corrected chi connectivity index (χ2v) is 6.59. The number of rotatable bonds is 4. The minimum Gasteiger partial charge on any atom is -0.497 e. The van der Waals surface area contributed by atoms with Crippen LogP contribution in [0.25, 0.3) is 0 Å². The fourth-order valence-electron chi connectivity index (χ4n) is 2.46. The maximum Gasteiger partial charge on any atom is 0.235 e.